The summed E-state index contributed by atoms with van der Waals surface area (Å²) in [5.41, 5.74) is 0.856. The zero-order chi connectivity index (χ0) is 16.8. The van der Waals surface area contributed by atoms with Crippen molar-refractivity contribution in [1.82, 2.24) is 15.1 Å². The first-order chi connectivity index (χ1) is 11.0. The summed E-state index contributed by atoms with van der Waals surface area (Å²) in [6, 6.07) is 4.93. The number of anilines is 1. The number of urea groups is 1. The fraction of sp³-hybridized carbons (Fsp3) is 0.333. The Morgan fingerprint density at radius 2 is 2.04 bits per heavy atom. The van der Waals surface area contributed by atoms with Crippen molar-refractivity contribution in [2.75, 3.05) is 11.9 Å². The second-order valence-corrected chi connectivity index (χ2v) is 6.24. The lowest BCUT2D eigenvalue weighted by atomic mass is 10.2. The largest absolute Gasteiger partial charge is 0.338 e. The van der Waals surface area contributed by atoms with Gasteiger partial charge < -0.3 is 5.32 Å². The molecule has 0 radical (unpaired) electrons. The van der Waals surface area contributed by atoms with Crippen LogP contribution in [0.2, 0.25) is 15.1 Å². The molecule has 0 bridgehead atoms. The minimum atomic E-state index is -0.324. The Kier molecular flexibility index (Phi) is 6.57. The van der Waals surface area contributed by atoms with Crippen molar-refractivity contribution in [3.63, 3.8) is 0 Å². The van der Waals surface area contributed by atoms with E-state index < -0.39 is 0 Å². The highest BCUT2D eigenvalue weighted by atomic mass is 35.5. The van der Waals surface area contributed by atoms with Crippen LogP contribution in [0.15, 0.2) is 24.4 Å². The summed E-state index contributed by atoms with van der Waals surface area (Å²) >= 11 is 18.1. The topological polar surface area (TPSA) is 59.0 Å². The zero-order valence-corrected chi connectivity index (χ0v) is 14.8. The number of hydrogen-bond donors (Lipinski definition) is 2. The number of nitrogens with one attached hydrogen (secondary N) is 2. The van der Waals surface area contributed by atoms with E-state index in [9.17, 15) is 4.79 Å². The van der Waals surface area contributed by atoms with Crippen molar-refractivity contribution in [1.29, 1.82) is 0 Å². The highest BCUT2D eigenvalue weighted by Crippen LogP contribution is 2.24. The van der Waals surface area contributed by atoms with E-state index in [0.717, 1.165) is 18.4 Å². The van der Waals surface area contributed by atoms with Crippen LogP contribution in [0.1, 0.15) is 25.3 Å². The third-order valence-electron chi connectivity index (χ3n) is 3.11. The Morgan fingerprint density at radius 1 is 1.26 bits per heavy atom. The van der Waals surface area contributed by atoms with Crippen LogP contribution >= 0.6 is 34.8 Å². The standard InChI is InChI=1S/C15H17Cl3N4O/c1-2-3-6-19-15(23)20-14-13(18)9-22(21-14)8-10-4-5-11(16)7-12(10)17/h4-5,7,9H,2-3,6,8H2,1H3,(H2,19,20,21,23). The van der Waals surface area contributed by atoms with Gasteiger partial charge in [-0.05, 0) is 24.1 Å². The van der Waals surface area contributed by atoms with E-state index >= 15 is 0 Å². The van der Waals surface area contributed by atoms with E-state index in [1.165, 1.54) is 0 Å². The number of benzene rings is 1. The van der Waals surface area contributed by atoms with Gasteiger partial charge >= 0.3 is 6.03 Å². The molecule has 2 amide bonds. The smallest absolute Gasteiger partial charge is 0.320 e. The van der Waals surface area contributed by atoms with E-state index in [-0.39, 0.29) is 6.03 Å². The number of halogens is 3. The van der Waals surface area contributed by atoms with Gasteiger partial charge in [-0.2, -0.15) is 5.10 Å². The van der Waals surface area contributed by atoms with Crippen LogP contribution in [0.3, 0.4) is 0 Å². The summed E-state index contributed by atoms with van der Waals surface area (Å²) in [6.07, 6.45) is 3.57. The second kappa shape index (κ2) is 8.43. The predicted octanol–water partition coefficient (Wildman–Crippen LogP) is 4.81. The van der Waals surface area contributed by atoms with E-state index in [4.69, 9.17) is 34.8 Å². The van der Waals surface area contributed by atoms with E-state index in [0.29, 0.717) is 34.0 Å². The van der Waals surface area contributed by atoms with Gasteiger partial charge in [-0.15, -0.1) is 0 Å². The zero-order valence-electron chi connectivity index (χ0n) is 12.6. The van der Waals surface area contributed by atoms with Crippen LogP contribution in [0.25, 0.3) is 0 Å². The lowest BCUT2D eigenvalue weighted by molar-refractivity contribution is 0.252. The molecule has 23 heavy (non-hydrogen) atoms. The van der Waals surface area contributed by atoms with Gasteiger partial charge in [0.2, 0.25) is 0 Å². The third kappa shape index (κ3) is 5.30. The molecule has 0 atom stereocenters. The van der Waals surface area contributed by atoms with Crippen molar-refractivity contribution in [3.8, 4) is 0 Å². The number of aromatic nitrogens is 2. The summed E-state index contributed by atoms with van der Waals surface area (Å²) in [4.78, 5) is 11.7. The first kappa shape index (κ1) is 17.9. The average molecular weight is 376 g/mol. The molecule has 1 heterocycles. The molecule has 0 aliphatic heterocycles. The molecule has 2 N–H and O–H groups in total. The monoisotopic (exact) mass is 374 g/mol. The molecular weight excluding hydrogens is 359 g/mol. The third-order valence-corrected chi connectivity index (χ3v) is 3.98. The maximum atomic E-state index is 11.7. The number of nitrogens with zero attached hydrogens (tertiary/aromatic N) is 2. The van der Waals surface area contributed by atoms with Crippen molar-refractivity contribution < 1.29 is 4.79 Å². The molecule has 1 aromatic carbocycles. The summed E-state index contributed by atoms with van der Waals surface area (Å²) in [7, 11) is 0. The Bertz CT molecular complexity index is 687. The maximum absolute atomic E-state index is 11.7. The van der Waals surface area contributed by atoms with Crippen LogP contribution in [0, 0.1) is 0 Å². The van der Waals surface area contributed by atoms with E-state index in [1.54, 1.807) is 23.0 Å². The number of carbonyl (C=O) groups is 1. The van der Waals surface area contributed by atoms with Crippen LogP contribution in [0.5, 0.6) is 0 Å². The molecule has 0 aliphatic rings. The second-order valence-electron chi connectivity index (χ2n) is 4.99. The van der Waals surface area contributed by atoms with Gasteiger partial charge in [0.15, 0.2) is 5.82 Å². The molecular formula is C15H17Cl3N4O. The van der Waals surface area contributed by atoms with Gasteiger partial charge in [0, 0.05) is 22.8 Å². The minimum absolute atomic E-state index is 0.311. The molecule has 2 aromatic rings. The first-order valence-electron chi connectivity index (χ1n) is 7.21. The molecule has 0 spiro atoms. The van der Waals surface area contributed by atoms with Crippen molar-refractivity contribution in [2.45, 2.75) is 26.3 Å². The van der Waals surface area contributed by atoms with Crippen molar-refractivity contribution in [3.05, 3.63) is 45.0 Å². The van der Waals surface area contributed by atoms with Gasteiger partial charge in [0.25, 0.3) is 0 Å². The molecule has 0 fully saturated rings. The predicted molar refractivity (Wildman–Crippen MR) is 94.7 cm³/mol. The van der Waals surface area contributed by atoms with Gasteiger partial charge in [-0.1, -0.05) is 54.2 Å². The van der Waals surface area contributed by atoms with Crippen LogP contribution < -0.4 is 10.6 Å². The van der Waals surface area contributed by atoms with Crippen molar-refractivity contribution >= 4 is 46.7 Å². The minimum Gasteiger partial charge on any atom is -0.338 e. The van der Waals surface area contributed by atoms with Gasteiger partial charge in [-0.3, -0.25) is 10.00 Å². The molecule has 1 aromatic heterocycles. The molecule has 0 saturated carbocycles. The first-order valence-corrected chi connectivity index (χ1v) is 8.34. The Labute approximate surface area is 149 Å². The SMILES string of the molecule is CCCCNC(=O)Nc1nn(Cc2ccc(Cl)cc2Cl)cc1Cl. The van der Waals surface area contributed by atoms with Crippen LogP contribution in [0.4, 0.5) is 10.6 Å². The quantitative estimate of drug-likeness (QED) is 0.712. The number of carbonyl (C=O) groups excluding carboxylic acids is 1. The molecule has 0 unspecified atom stereocenters. The number of unbranched alkanes of at least 4 members (excludes halogenated alkanes) is 1. The number of hydrogen-bond acceptors (Lipinski definition) is 2. The molecule has 8 heteroatoms. The lowest BCUT2D eigenvalue weighted by Gasteiger charge is -2.06. The fourth-order valence-corrected chi connectivity index (χ4v) is 2.58. The number of amides is 2. The summed E-state index contributed by atoms with van der Waals surface area (Å²) in [5, 5.41) is 11.1. The highest BCUT2D eigenvalue weighted by Gasteiger charge is 2.11. The molecule has 5 nitrogen and oxygen atoms in total. The average Bonchev–Trinajstić information content (AvgIpc) is 2.82. The fourth-order valence-electron chi connectivity index (χ4n) is 1.92. The Morgan fingerprint density at radius 3 is 2.74 bits per heavy atom. The van der Waals surface area contributed by atoms with Gasteiger partial charge in [-0.25, -0.2) is 4.79 Å². The maximum Gasteiger partial charge on any atom is 0.320 e. The van der Waals surface area contributed by atoms with Gasteiger partial charge in [0.05, 0.1) is 6.54 Å². The summed E-state index contributed by atoms with van der Waals surface area (Å²) in [6.45, 7) is 3.09. The van der Waals surface area contributed by atoms with Crippen LogP contribution in [-0.4, -0.2) is 22.4 Å². The molecule has 0 aliphatic carbocycles. The molecule has 124 valence electrons. The molecule has 0 saturated heterocycles. The summed E-state index contributed by atoms with van der Waals surface area (Å²) in [5.74, 6) is 0.311. The van der Waals surface area contributed by atoms with E-state index in [2.05, 4.69) is 22.7 Å². The van der Waals surface area contributed by atoms with E-state index in [1.807, 2.05) is 6.07 Å². The van der Waals surface area contributed by atoms with Gasteiger partial charge in [0.1, 0.15) is 5.02 Å². The Balaban J connectivity index is 2.01. The van der Waals surface area contributed by atoms with Crippen molar-refractivity contribution in [2.24, 2.45) is 0 Å². The normalized spacial score (nSPS) is 10.6. The van der Waals surface area contributed by atoms with Crippen LogP contribution in [-0.2, 0) is 6.54 Å². The lowest BCUT2D eigenvalue weighted by Crippen LogP contribution is -2.29. The Hall–Kier alpha value is -1.43. The highest BCUT2D eigenvalue weighted by molar-refractivity contribution is 6.35. The summed E-state index contributed by atoms with van der Waals surface area (Å²) < 4.78 is 1.61. The number of rotatable bonds is 6. The molecule has 2 rings (SSSR count).